The Labute approximate surface area is 204 Å². The molecule has 1 aliphatic rings. The van der Waals surface area contributed by atoms with Crippen molar-refractivity contribution in [2.75, 3.05) is 50.0 Å². The number of thioether (sulfide) groups is 1. The Morgan fingerprint density at radius 1 is 1.06 bits per heavy atom. The van der Waals surface area contributed by atoms with Gasteiger partial charge in [0, 0.05) is 37.5 Å². The van der Waals surface area contributed by atoms with Crippen molar-refractivity contribution in [1.29, 1.82) is 0 Å². The van der Waals surface area contributed by atoms with E-state index in [0.717, 1.165) is 66.8 Å². The fourth-order valence-electron chi connectivity index (χ4n) is 3.64. The first-order valence-electron chi connectivity index (χ1n) is 10.9. The molecule has 5 nitrogen and oxygen atoms in total. The zero-order valence-corrected chi connectivity index (χ0v) is 20.6. The van der Waals surface area contributed by atoms with E-state index in [0.29, 0.717) is 13.0 Å². The molecular weight excluding hydrogens is 462 g/mol. The van der Waals surface area contributed by atoms with E-state index >= 15 is 0 Å². The van der Waals surface area contributed by atoms with Crippen LogP contribution < -0.4 is 4.90 Å². The Bertz CT molecular complexity index is 931. The number of nitrogens with zero attached hydrogens (tertiary/aromatic N) is 3. The van der Waals surface area contributed by atoms with Crippen LogP contribution >= 0.6 is 35.5 Å². The third-order valence-electron chi connectivity index (χ3n) is 5.32. The lowest BCUT2D eigenvalue weighted by Crippen LogP contribution is -2.39. The summed E-state index contributed by atoms with van der Waals surface area (Å²) in [5, 5.41) is 0.823. The van der Waals surface area contributed by atoms with Crippen LogP contribution in [0.15, 0.2) is 59.5 Å². The van der Waals surface area contributed by atoms with E-state index in [1.165, 1.54) is 4.90 Å². The number of hydrogen-bond acceptors (Lipinski definition) is 6. The molecule has 0 unspecified atom stereocenters. The molecule has 0 saturated carbocycles. The van der Waals surface area contributed by atoms with Crippen LogP contribution in [0.4, 0.5) is 5.13 Å². The molecule has 1 amide bonds. The second-order valence-electron chi connectivity index (χ2n) is 7.58. The topological polar surface area (TPSA) is 45.7 Å². The van der Waals surface area contributed by atoms with Gasteiger partial charge in [-0.2, -0.15) is 0 Å². The van der Waals surface area contributed by atoms with Gasteiger partial charge in [-0.25, -0.2) is 4.98 Å². The van der Waals surface area contributed by atoms with Crippen LogP contribution in [0, 0.1) is 0 Å². The molecule has 0 radical (unpaired) electrons. The monoisotopic (exact) mass is 491 g/mol. The van der Waals surface area contributed by atoms with Crippen LogP contribution in [-0.4, -0.2) is 60.9 Å². The predicted octanol–water partition coefficient (Wildman–Crippen LogP) is 5.35. The molecule has 1 aromatic heterocycles. The number of halogens is 1. The fourth-order valence-corrected chi connectivity index (χ4v) is 5.53. The van der Waals surface area contributed by atoms with Crippen molar-refractivity contribution < 1.29 is 9.53 Å². The van der Waals surface area contributed by atoms with Crippen molar-refractivity contribution in [2.45, 2.75) is 24.2 Å². The first-order chi connectivity index (χ1) is 15.3. The Morgan fingerprint density at radius 2 is 1.81 bits per heavy atom. The zero-order chi connectivity index (χ0) is 21.3. The third kappa shape index (κ3) is 7.18. The van der Waals surface area contributed by atoms with Gasteiger partial charge in [-0.1, -0.05) is 41.7 Å². The minimum Gasteiger partial charge on any atom is -0.379 e. The first kappa shape index (κ1) is 25.0. The number of para-hydroxylation sites is 1. The lowest BCUT2D eigenvalue weighted by molar-refractivity contribution is -0.118. The molecule has 0 bridgehead atoms. The molecule has 0 spiro atoms. The van der Waals surface area contributed by atoms with Crippen LogP contribution in [0.1, 0.15) is 19.3 Å². The average Bonchev–Trinajstić information content (AvgIpc) is 3.24. The number of thiazole rings is 1. The normalized spacial score (nSPS) is 14.2. The third-order valence-corrected chi connectivity index (χ3v) is 7.48. The summed E-state index contributed by atoms with van der Waals surface area (Å²) in [6.07, 6.45) is 2.36. The molecule has 172 valence electrons. The first-order valence-corrected chi connectivity index (χ1v) is 12.7. The number of amides is 1. The van der Waals surface area contributed by atoms with E-state index in [-0.39, 0.29) is 18.3 Å². The Hall–Kier alpha value is -1.64. The lowest BCUT2D eigenvalue weighted by Gasteiger charge is -2.27. The molecule has 4 rings (SSSR count). The minimum absolute atomic E-state index is 0. The summed E-state index contributed by atoms with van der Waals surface area (Å²) in [5.74, 6) is 1.12. The molecule has 0 N–H and O–H groups in total. The van der Waals surface area contributed by atoms with Crippen molar-refractivity contribution in [2.24, 2.45) is 0 Å². The highest BCUT2D eigenvalue weighted by atomic mass is 35.5. The van der Waals surface area contributed by atoms with E-state index in [1.54, 1.807) is 11.3 Å². The number of rotatable bonds is 10. The number of carbonyl (C=O) groups excluding carboxylic acids is 1. The molecule has 32 heavy (non-hydrogen) atoms. The van der Waals surface area contributed by atoms with Crippen molar-refractivity contribution in [1.82, 2.24) is 9.88 Å². The van der Waals surface area contributed by atoms with Gasteiger partial charge in [-0.05, 0) is 42.9 Å². The summed E-state index contributed by atoms with van der Waals surface area (Å²) < 4.78 is 6.57. The molecule has 0 atom stereocenters. The standard InChI is InChI=1S/C24H29N3O2S2.ClH/c28-23(12-6-19-30-20-8-2-1-3-9-20)27(14-7-13-26-15-17-29-18-16-26)24-25-21-10-4-5-11-22(21)31-24;/h1-5,8-11H,6-7,12-19H2;1H. The van der Waals surface area contributed by atoms with Gasteiger partial charge in [0.05, 0.1) is 23.4 Å². The highest BCUT2D eigenvalue weighted by molar-refractivity contribution is 7.99. The van der Waals surface area contributed by atoms with Gasteiger partial charge in [0.25, 0.3) is 0 Å². The predicted molar refractivity (Wildman–Crippen MR) is 137 cm³/mol. The van der Waals surface area contributed by atoms with Crippen molar-refractivity contribution in [3.05, 3.63) is 54.6 Å². The summed E-state index contributed by atoms with van der Waals surface area (Å²) in [7, 11) is 0. The van der Waals surface area contributed by atoms with Crippen LogP contribution in [0.2, 0.25) is 0 Å². The maximum absolute atomic E-state index is 13.2. The van der Waals surface area contributed by atoms with Crippen molar-refractivity contribution in [3.8, 4) is 0 Å². The van der Waals surface area contributed by atoms with Crippen molar-refractivity contribution >= 4 is 56.8 Å². The van der Waals surface area contributed by atoms with Crippen LogP contribution in [0.25, 0.3) is 10.2 Å². The van der Waals surface area contributed by atoms with Gasteiger partial charge >= 0.3 is 0 Å². The Kier molecular flexibility index (Phi) is 10.3. The van der Waals surface area contributed by atoms with Crippen LogP contribution in [0.3, 0.4) is 0 Å². The molecule has 8 heteroatoms. The number of benzene rings is 2. The zero-order valence-electron chi connectivity index (χ0n) is 18.2. The Morgan fingerprint density at radius 3 is 2.59 bits per heavy atom. The van der Waals surface area contributed by atoms with E-state index in [4.69, 9.17) is 9.72 Å². The van der Waals surface area contributed by atoms with Crippen LogP contribution in [0.5, 0.6) is 0 Å². The van der Waals surface area contributed by atoms with Gasteiger partial charge in [0.2, 0.25) is 5.91 Å². The largest absolute Gasteiger partial charge is 0.379 e. The number of carbonyl (C=O) groups is 1. The molecule has 3 aromatic rings. The second-order valence-corrected chi connectivity index (χ2v) is 9.76. The van der Waals surface area contributed by atoms with Gasteiger partial charge in [-0.3, -0.25) is 14.6 Å². The summed E-state index contributed by atoms with van der Waals surface area (Å²) in [6, 6.07) is 18.5. The number of anilines is 1. The maximum atomic E-state index is 13.2. The highest BCUT2D eigenvalue weighted by Gasteiger charge is 2.20. The average molecular weight is 492 g/mol. The van der Waals surface area contributed by atoms with Crippen molar-refractivity contribution in [3.63, 3.8) is 0 Å². The molecule has 1 saturated heterocycles. The number of fused-ring (bicyclic) bond motifs is 1. The number of ether oxygens (including phenoxy) is 1. The van der Waals surface area contributed by atoms with Gasteiger partial charge < -0.3 is 4.74 Å². The van der Waals surface area contributed by atoms with Crippen LogP contribution in [-0.2, 0) is 9.53 Å². The van der Waals surface area contributed by atoms with E-state index < -0.39 is 0 Å². The smallest absolute Gasteiger partial charge is 0.228 e. The summed E-state index contributed by atoms with van der Waals surface area (Å²) in [4.78, 5) is 23.5. The van der Waals surface area contributed by atoms with Gasteiger partial charge in [0.15, 0.2) is 5.13 Å². The summed E-state index contributed by atoms with van der Waals surface area (Å²) >= 11 is 3.42. The molecule has 2 aromatic carbocycles. The highest BCUT2D eigenvalue weighted by Crippen LogP contribution is 2.29. The minimum atomic E-state index is 0. The molecule has 1 fully saturated rings. The SMILES string of the molecule is Cl.O=C(CCCSc1ccccc1)N(CCCN1CCOCC1)c1nc2ccccc2s1. The quantitative estimate of drug-likeness (QED) is 0.283. The fraction of sp³-hybridized carbons (Fsp3) is 0.417. The molecular formula is C24H30ClN3O2S2. The number of aromatic nitrogens is 1. The molecule has 1 aliphatic heterocycles. The summed E-state index contributed by atoms with van der Waals surface area (Å²) in [5.41, 5.74) is 0.966. The van der Waals surface area contributed by atoms with Gasteiger partial charge in [-0.15, -0.1) is 24.2 Å². The van der Waals surface area contributed by atoms with E-state index in [1.807, 2.05) is 40.9 Å². The van der Waals surface area contributed by atoms with E-state index in [2.05, 4.69) is 35.2 Å². The molecule has 2 heterocycles. The summed E-state index contributed by atoms with van der Waals surface area (Å²) in [6.45, 7) is 5.26. The lowest BCUT2D eigenvalue weighted by atomic mass is 10.2. The van der Waals surface area contributed by atoms with Gasteiger partial charge in [0.1, 0.15) is 0 Å². The van der Waals surface area contributed by atoms with E-state index in [9.17, 15) is 4.79 Å². The second kappa shape index (κ2) is 13.2. The Balaban J connectivity index is 0.00000289. The number of hydrogen-bond donors (Lipinski definition) is 0. The molecule has 0 aliphatic carbocycles. The number of morpholine rings is 1. The maximum Gasteiger partial charge on any atom is 0.228 e.